The largest absolute Gasteiger partial charge is 0.309 e. The lowest BCUT2D eigenvalue weighted by Gasteiger charge is -2.33. The first-order chi connectivity index (χ1) is 28.3. The van der Waals surface area contributed by atoms with E-state index in [1.165, 1.54) is 48.1 Å². The van der Waals surface area contributed by atoms with Gasteiger partial charge < -0.3 is 9.13 Å². The lowest BCUT2D eigenvalue weighted by Crippen LogP contribution is -2.75. The van der Waals surface area contributed by atoms with Crippen LogP contribution in [0.2, 0.25) is 0 Å². The summed E-state index contributed by atoms with van der Waals surface area (Å²) in [6.07, 6.45) is 0. The summed E-state index contributed by atoms with van der Waals surface area (Å²) in [5, 5.41) is 9.98. The summed E-state index contributed by atoms with van der Waals surface area (Å²) >= 11 is 0. The Morgan fingerprint density at radius 2 is 0.789 bits per heavy atom. The summed E-state index contributed by atoms with van der Waals surface area (Å²) in [5.41, 5.74) is 9.03. The van der Waals surface area contributed by atoms with Crippen LogP contribution in [-0.4, -0.2) is 22.2 Å². The lowest BCUT2D eigenvalue weighted by molar-refractivity contribution is 1.16. The van der Waals surface area contributed by atoms with Crippen molar-refractivity contribution >= 4 is 72.6 Å². The Kier molecular flexibility index (Phi) is 7.83. The smallest absolute Gasteiger partial charge is 0.201 e. The van der Waals surface area contributed by atoms with Crippen molar-refractivity contribution in [2.75, 3.05) is 0 Å². The fraction of sp³-hybridized carbons (Fsp3) is 0. The van der Waals surface area contributed by atoms with Gasteiger partial charge in [-0.25, -0.2) is 0 Å². The van der Waals surface area contributed by atoms with E-state index in [1.807, 2.05) is 0 Å². The second-order valence-corrected chi connectivity index (χ2v) is 18.4. The molecule has 4 heteroatoms. The average molecular weight is 744 g/mol. The third-order valence-electron chi connectivity index (χ3n) is 11.7. The van der Waals surface area contributed by atoms with Gasteiger partial charge in [0.25, 0.3) is 0 Å². The van der Waals surface area contributed by atoms with Crippen molar-refractivity contribution < 1.29 is 0 Å². The first-order valence-electron chi connectivity index (χ1n) is 19.6. The zero-order valence-electron chi connectivity index (χ0n) is 31.2. The van der Waals surface area contributed by atoms with E-state index in [-0.39, 0.29) is 0 Å². The maximum atomic E-state index is 5.73. The van der Waals surface area contributed by atoms with Crippen LogP contribution in [0.1, 0.15) is 0 Å². The molecule has 0 spiro atoms. The molecule has 268 valence electrons. The van der Waals surface area contributed by atoms with Gasteiger partial charge in [-0.3, -0.25) is 4.98 Å². The van der Waals surface area contributed by atoms with Crippen molar-refractivity contribution in [1.29, 1.82) is 0 Å². The van der Waals surface area contributed by atoms with Crippen LogP contribution >= 0.6 is 0 Å². The molecule has 0 aliphatic rings. The number of hydrogen-bond donors (Lipinski definition) is 0. The molecule has 0 amide bonds. The van der Waals surface area contributed by atoms with Crippen LogP contribution in [0, 0.1) is 0 Å². The molecule has 11 rings (SSSR count). The Balaban J connectivity index is 1.13. The molecule has 0 fully saturated rings. The first-order valence-corrected chi connectivity index (χ1v) is 21.6. The van der Waals surface area contributed by atoms with Gasteiger partial charge in [0.15, 0.2) is 0 Å². The zero-order valence-corrected chi connectivity index (χ0v) is 32.2. The monoisotopic (exact) mass is 743 g/mol. The maximum absolute atomic E-state index is 5.73. The van der Waals surface area contributed by atoms with Gasteiger partial charge in [0.2, 0.25) is 8.07 Å². The number of para-hydroxylation sites is 4. The molecule has 3 heterocycles. The molecule has 0 atom stereocenters. The minimum atomic E-state index is -2.83. The van der Waals surface area contributed by atoms with E-state index in [0.29, 0.717) is 0 Å². The Morgan fingerprint density at radius 1 is 0.333 bits per heavy atom. The molecule has 11 aromatic rings. The predicted molar refractivity (Wildman–Crippen MR) is 242 cm³/mol. The van der Waals surface area contributed by atoms with Crippen LogP contribution in [0.25, 0.3) is 66.2 Å². The quantitative estimate of drug-likeness (QED) is 0.118. The molecule has 0 aliphatic carbocycles. The Hall–Kier alpha value is -7.27. The molecule has 0 N–H and O–H groups in total. The van der Waals surface area contributed by atoms with E-state index in [1.54, 1.807) is 0 Å². The third kappa shape index (κ3) is 5.15. The molecule has 0 saturated carbocycles. The molecule has 8 aromatic carbocycles. The van der Waals surface area contributed by atoms with Gasteiger partial charge in [0.05, 0.1) is 33.4 Å². The highest BCUT2D eigenvalue weighted by molar-refractivity contribution is 7.19. The van der Waals surface area contributed by atoms with Crippen LogP contribution in [0.4, 0.5) is 0 Å². The normalized spacial score (nSPS) is 11.9. The maximum Gasteiger partial charge on any atom is 0.201 e. The van der Waals surface area contributed by atoms with Crippen molar-refractivity contribution in [2.24, 2.45) is 0 Å². The van der Waals surface area contributed by atoms with Crippen LogP contribution in [-0.2, 0) is 0 Å². The van der Waals surface area contributed by atoms with Gasteiger partial charge in [-0.15, -0.1) is 0 Å². The van der Waals surface area contributed by atoms with Crippen LogP contribution in [0.5, 0.6) is 0 Å². The topological polar surface area (TPSA) is 22.8 Å². The van der Waals surface area contributed by atoms with E-state index >= 15 is 0 Å². The van der Waals surface area contributed by atoms with Crippen molar-refractivity contribution in [2.45, 2.75) is 0 Å². The highest BCUT2D eigenvalue weighted by atomic mass is 28.3. The van der Waals surface area contributed by atoms with Gasteiger partial charge in [-0.2, -0.15) is 0 Å². The SMILES string of the molecule is c1ccc([Si](c2ccccc2)(c2ccccc2)c2cccc(-c3ccccc3-n3c4ccccc4c4cc(-n5c6ccccc6c6ccccc65)ccc43)n2)cc1. The van der Waals surface area contributed by atoms with E-state index < -0.39 is 8.07 Å². The summed E-state index contributed by atoms with van der Waals surface area (Å²) < 4.78 is 4.84. The molecule has 3 nitrogen and oxygen atoms in total. The van der Waals surface area contributed by atoms with Gasteiger partial charge >= 0.3 is 0 Å². The molecular formula is C53H37N3Si. The summed E-state index contributed by atoms with van der Waals surface area (Å²) in [5.74, 6) is 0. The number of hydrogen-bond acceptors (Lipinski definition) is 1. The summed E-state index contributed by atoms with van der Waals surface area (Å²) in [6.45, 7) is 0. The van der Waals surface area contributed by atoms with Gasteiger partial charge in [-0.05, 0) is 70.2 Å². The number of benzene rings is 8. The second-order valence-electron chi connectivity index (χ2n) is 14.7. The van der Waals surface area contributed by atoms with Crippen LogP contribution < -0.4 is 20.9 Å². The fourth-order valence-electron chi connectivity index (χ4n) is 9.25. The third-order valence-corrected chi connectivity index (χ3v) is 16.3. The minimum absolute atomic E-state index is 0.954. The number of aromatic nitrogens is 3. The van der Waals surface area contributed by atoms with Crippen molar-refractivity contribution in [3.8, 4) is 22.6 Å². The Labute approximate surface area is 332 Å². The Bertz CT molecular complexity index is 3090. The fourth-order valence-corrected chi connectivity index (χ4v) is 13.8. The van der Waals surface area contributed by atoms with Crippen molar-refractivity contribution in [1.82, 2.24) is 14.1 Å². The summed E-state index contributed by atoms with van der Waals surface area (Å²) in [7, 11) is -2.83. The summed E-state index contributed by atoms with van der Waals surface area (Å²) in [6, 6.07) is 81.6. The van der Waals surface area contributed by atoms with E-state index in [2.05, 4.69) is 234 Å². The van der Waals surface area contributed by atoms with Crippen molar-refractivity contribution in [3.05, 3.63) is 224 Å². The molecular weight excluding hydrogens is 707 g/mol. The highest BCUT2D eigenvalue weighted by Crippen LogP contribution is 2.38. The molecule has 0 unspecified atom stereocenters. The Morgan fingerprint density at radius 3 is 1.37 bits per heavy atom. The number of pyridine rings is 1. The van der Waals surface area contributed by atoms with Crippen LogP contribution in [0.3, 0.4) is 0 Å². The van der Waals surface area contributed by atoms with E-state index in [0.717, 1.165) is 39.0 Å². The zero-order chi connectivity index (χ0) is 37.8. The van der Waals surface area contributed by atoms with Crippen LogP contribution in [0.15, 0.2) is 224 Å². The van der Waals surface area contributed by atoms with E-state index in [9.17, 15) is 0 Å². The number of nitrogens with zero attached hydrogens (tertiary/aromatic N) is 3. The molecule has 0 aliphatic heterocycles. The molecule has 0 saturated heterocycles. The molecule has 3 aromatic heterocycles. The highest BCUT2D eigenvalue weighted by Gasteiger charge is 2.43. The minimum Gasteiger partial charge on any atom is -0.309 e. The number of rotatable bonds is 7. The van der Waals surface area contributed by atoms with Crippen molar-refractivity contribution in [3.63, 3.8) is 0 Å². The summed E-state index contributed by atoms with van der Waals surface area (Å²) in [4.78, 5) is 5.73. The lowest BCUT2D eigenvalue weighted by atomic mass is 10.1. The van der Waals surface area contributed by atoms with Gasteiger partial charge in [0.1, 0.15) is 0 Å². The first kappa shape index (κ1) is 33.1. The van der Waals surface area contributed by atoms with Gasteiger partial charge in [-0.1, -0.05) is 170 Å². The molecule has 0 radical (unpaired) electrons. The predicted octanol–water partition coefficient (Wildman–Crippen LogP) is 10.3. The van der Waals surface area contributed by atoms with Gasteiger partial charge in [0, 0.05) is 38.1 Å². The standard InChI is InChI=1S/C53H37N3Si/c1-4-19-39(20-5-1)57(40-21-6-2-7-22-40,41-23-8-3-9-24-41)53-34-18-29-47(54-53)45-28-13-17-33-51(45)56-50-32-16-12-27-44(50)46-37-38(35-36-52(46)56)55-48-30-14-10-25-42(48)43-26-11-15-31-49(43)55/h1-37H. The molecule has 0 bridgehead atoms. The van der Waals surface area contributed by atoms with E-state index in [4.69, 9.17) is 4.98 Å². The second kappa shape index (κ2) is 13.5. The number of fused-ring (bicyclic) bond motifs is 6. The molecule has 57 heavy (non-hydrogen) atoms. The average Bonchev–Trinajstić information content (AvgIpc) is 3.80.